The fraction of sp³-hybridized carbons (Fsp3) is 0.538. The van der Waals surface area contributed by atoms with Gasteiger partial charge in [0.1, 0.15) is 0 Å². The molecule has 1 fully saturated rings. The van der Waals surface area contributed by atoms with E-state index in [1.54, 1.807) is 11.0 Å². The highest BCUT2D eigenvalue weighted by molar-refractivity contribution is 5.94. The lowest BCUT2D eigenvalue weighted by molar-refractivity contribution is 0.0523. The molecular formula is C13H18FN3O. The number of nitrogens with zero attached hydrogens (tertiary/aromatic N) is 3. The molecule has 1 aliphatic heterocycles. The van der Waals surface area contributed by atoms with Gasteiger partial charge in [-0.05, 0) is 25.6 Å². The van der Waals surface area contributed by atoms with Crippen molar-refractivity contribution >= 4 is 5.91 Å². The largest absolute Gasteiger partial charge is 0.336 e. The smallest absolute Gasteiger partial charge is 0.258 e. The van der Waals surface area contributed by atoms with Crippen LogP contribution in [0.4, 0.5) is 4.39 Å². The molecule has 1 unspecified atom stereocenters. The Morgan fingerprint density at radius 1 is 1.56 bits per heavy atom. The maximum atomic E-state index is 13.5. The molecule has 0 aromatic carbocycles. The van der Waals surface area contributed by atoms with Gasteiger partial charge in [-0.15, -0.1) is 0 Å². The van der Waals surface area contributed by atoms with Crippen LogP contribution in [-0.2, 0) is 0 Å². The molecule has 5 heteroatoms. The van der Waals surface area contributed by atoms with E-state index in [0.717, 1.165) is 13.1 Å². The van der Waals surface area contributed by atoms with Crippen molar-refractivity contribution in [1.29, 1.82) is 0 Å². The summed E-state index contributed by atoms with van der Waals surface area (Å²) in [4.78, 5) is 19.7. The Hall–Kier alpha value is -1.49. The molecule has 1 saturated heterocycles. The normalized spacial score (nSPS) is 21.1. The highest BCUT2D eigenvalue weighted by atomic mass is 19.1. The summed E-state index contributed by atoms with van der Waals surface area (Å²) in [7, 11) is 0. The number of hydrogen-bond acceptors (Lipinski definition) is 3. The number of carbonyl (C=O) groups is 1. The van der Waals surface area contributed by atoms with Gasteiger partial charge in [0.15, 0.2) is 0 Å². The average Bonchev–Trinajstić information content (AvgIpc) is 2.38. The summed E-state index contributed by atoms with van der Waals surface area (Å²) in [6, 6.07) is 3.39. The first kappa shape index (κ1) is 13.0. The van der Waals surface area contributed by atoms with Gasteiger partial charge in [0.2, 0.25) is 5.95 Å². The van der Waals surface area contributed by atoms with Crippen LogP contribution in [0, 0.1) is 5.95 Å². The van der Waals surface area contributed by atoms with Crippen LogP contribution in [0.15, 0.2) is 18.3 Å². The van der Waals surface area contributed by atoms with Crippen LogP contribution in [0.5, 0.6) is 0 Å². The van der Waals surface area contributed by atoms with Crippen molar-refractivity contribution in [1.82, 2.24) is 14.8 Å². The maximum Gasteiger partial charge on any atom is 0.258 e. The number of carbonyl (C=O) groups excluding carboxylic acids is 1. The summed E-state index contributed by atoms with van der Waals surface area (Å²) >= 11 is 0. The zero-order chi connectivity index (χ0) is 13.1. The summed E-state index contributed by atoms with van der Waals surface area (Å²) in [6.07, 6.45) is 1.35. The first-order valence-electron chi connectivity index (χ1n) is 6.27. The number of piperazine rings is 1. The van der Waals surface area contributed by atoms with Gasteiger partial charge < -0.3 is 4.90 Å². The van der Waals surface area contributed by atoms with Crippen molar-refractivity contribution in [2.75, 3.05) is 26.2 Å². The van der Waals surface area contributed by atoms with E-state index < -0.39 is 5.95 Å². The third-order valence-electron chi connectivity index (χ3n) is 3.45. The number of halogens is 1. The first-order valence-corrected chi connectivity index (χ1v) is 6.27. The number of rotatable bonds is 2. The molecule has 1 amide bonds. The van der Waals surface area contributed by atoms with Gasteiger partial charge in [-0.2, -0.15) is 4.39 Å². The van der Waals surface area contributed by atoms with Crippen LogP contribution in [0.2, 0.25) is 0 Å². The predicted octanol–water partition coefficient (Wildman–Crippen LogP) is 1.39. The number of amides is 1. The minimum absolute atomic E-state index is 0.0645. The van der Waals surface area contributed by atoms with E-state index >= 15 is 0 Å². The Bertz CT molecular complexity index is 438. The first-order chi connectivity index (χ1) is 8.63. The topological polar surface area (TPSA) is 36.4 Å². The Morgan fingerprint density at radius 2 is 2.33 bits per heavy atom. The number of aromatic nitrogens is 1. The van der Waals surface area contributed by atoms with Crippen LogP contribution in [0.1, 0.15) is 24.2 Å². The molecule has 4 nitrogen and oxygen atoms in total. The van der Waals surface area contributed by atoms with Crippen molar-refractivity contribution < 1.29 is 9.18 Å². The van der Waals surface area contributed by atoms with E-state index in [9.17, 15) is 9.18 Å². The molecule has 0 spiro atoms. The Kier molecular flexibility index (Phi) is 3.91. The molecular weight excluding hydrogens is 233 g/mol. The van der Waals surface area contributed by atoms with Gasteiger partial charge in [0.05, 0.1) is 5.56 Å². The lowest BCUT2D eigenvalue weighted by Gasteiger charge is -2.39. The Labute approximate surface area is 106 Å². The van der Waals surface area contributed by atoms with Crippen LogP contribution in [0.3, 0.4) is 0 Å². The molecule has 2 rings (SSSR count). The molecule has 1 atom stereocenters. The van der Waals surface area contributed by atoms with E-state index in [1.807, 2.05) is 0 Å². The van der Waals surface area contributed by atoms with Gasteiger partial charge >= 0.3 is 0 Å². The average molecular weight is 251 g/mol. The molecule has 1 aliphatic rings. The molecule has 0 N–H and O–H groups in total. The van der Waals surface area contributed by atoms with Gasteiger partial charge in [-0.3, -0.25) is 9.69 Å². The second-order valence-corrected chi connectivity index (χ2v) is 4.57. The monoisotopic (exact) mass is 251 g/mol. The lowest BCUT2D eigenvalue weighted by Crippen LogP contribution is -2.53. The van der Waals surface area contributed by atoms with Gasteiger partial charge in [0.25, 0.3) is 5.91 Å². The molecule has 1 aromatic rings. The summed E-state index contributed by atoms with van der Waals surface area (Å²) < 4.78 is 13.5. The molecule has 0 bridgehead atoms. The van der Waals surface area contributed by atoms with Crippen molar-refractivity contribution in [3.63, 3.8) is 0 Å². The van der Waals surface area contributed by atoms with Gasteiger partial charge in [-0.25, -0.2) is 4.98 Å². The standard InChI is InChI=1S/C13H18FN3O/c1-3-16-7-8-17(9-10(16)2)13(18)11-5-4-6-15-12(11)14/h4-6,10H,3,7-9H2,1-2H3. The van der Waals surface area contributed by atoms with Crippen LogP contribution in [-0.4, -0.2) is 52.9 Å². The summed E-state index contributed by atoms with van der Waals surface area (Å²) in [5, 5.41) is 0. The minimum Gasteiger partial charge on any atom is -0.336 e. The number of hydrogen-bond donors (Lipinski definition) is 0. The highest BCUT2D eigenvalue weighted by Gasteiger charge is 2.27. The van der Waals surface area contributed by atoms with Gasteiger partial charge in [0, 0.05) is 31.9 Å². The number of likely N-dealkylation sites (N-methyl/N-ethyl adjacent to an activating group) is 1. The summed E-state index contributed by atoms with van der Waals surface area (Å²) in [5.41, 5.74) is 0.0645. The highest BCUT2D eigenvalue weighted by Crippen LogP contribution is 2.13. The van der Waals surface area contributed by atoms with Gasteiger partial charge in [-0.1, -0.05) is 6.92 Å². The maximum absolute atomic E-state index is 13.5. The quantitative estimate of drug-likeness (QED) is 0.745. The second-order valence-electron chi connectivity index (χ2n) is 4.57. The molecule has 0 radical (unpaired) electrons. The van der Waals surface area contributed by atoms with Crippen molar-refractivity contribution in [3.8, 4) is 0 Å². The zero-order valence-corrected chi connectivity index (χ0v) is 10.8. The van der Waals surface area contributed by atoms with E-state index in [4.69, 9.17) is 0 Å². The van der Waals surface area contributed by atoms with E-state index in [-0.39, 0.29) is 11.5 Å². The van der Waals surface area contributed by atoms with Crippen molar-refractivity contribution in [2.24, 2.45) is 0 Å². The molecule has 18 heavy (non-hydrogen) atoms. The van der Waals surface area contributed by atoms with E-state index in [1.165, 1.54) is 12.3 Å². The Balaban J connectivity index is 2.10. The fourth-order valence-corrected chi connectivity index (χ4v) is 2.37. The minimum atomic E-state index is -0.687. The SMILES string of the molecule is CCN1CCN(C(=O)c2cccnc2F)CC1C. The van der Waals surface area contributed by atoms with Crippen LogP contribution >= 0.6 is 0 Å². The lowest BCUT2D eigenvalue weighted by atomic mass is 10.1. The summed E-state index contributed by atoms with van der Waals surface area (Å²) in [6.45, 7) is 7.29. The third kappa shape index (κ3) is 2.51. The molecule has 98 valence electrons. The fourth-order valence-electron chi connectivity index (χ4n) is 2.37. The third-order valence-corrected chi connectivity index (χ3v) is 3.45. The van der Waals surface area contributed by atoms with Crippen LogP contribution < -0.4 is 0 Å². The summed E-state index contributed by atoms with van der Waals surface area (Å²) in [5.74, 6) is -0.948. The number of pyridine rings is 1. The molecule has 0 aliphatic carbocycles. The second kappa shape index (κ2) is 5.44. The zero-order valence-electron chi connectivity index (χ0n) is 10.8. The van der Waals surface area contributed by atoms with Crippen molar-refractivity contribution in [3.05, 3.63) is 29.8 Å². The van der Waals surface area contributed by atoms with E-state index in [2.05, 4.69) is 23.7 Å². The van der Waals surface area contributed by atoms with Crippen molar-refractivity contribution in [2.45, 2.75) is 19.9 Å². The van der Waals surface area contributed by atoms with E-state index in [0.29, 0.717) is 19.1 Å². The predicted molar refractivity (Wildman–Crippen MR) is 66.8 cm³/mol. The molecule has 2 heterocycles. The molecule has 1 aromatic heterocycles. The Morgan fingerprint density at radius 3 is 2.94 bits per heavy atom. The van der Waals surface area contributed by atoms with Crippen LogP contribution in [0.25, 0.3) is 0 Å². The molecule has 0 saturated carbocycles.